The number of rotatable bonds is 2. The van der Waals surface area contributed by atoms with Crippen LogP contribution in [0.5, 0.6) is 0 Å². The average molecular weight is 165 g/mol. The van der Waals surface area contributed by atoms with Crippen LogP contribution in [0.1, 0.15) is 26.3 Å². The van der Waals surface area contributed by atoms with E-state index >= 15 is 0 Å². The number of aromatic nitrogens is 2. The molecule has 1 rings (SSSR count). The Morgan fingerprint density at radius 1 is 1.33 bits per heavy atom. The van der Waals surface area contributed by atoms with Crippen LogP contribution in [0.15, 0.2) is 18.7 Å². The van der Waals surface area contributed by atoms with Crippen molar-refractivity contribution in [3.05, 3.63) is 24.3 Å². The number of nitrogens with two attached hydrogens (primary N) is 1. The van der Waals surface area contributed by atoms with Gasteiger partial charge in [0.2, 0.25) is 0 Å². The van der Waals surface area contributed by atoms with E-state index in [-0.39, 0.29) is 5.54 Å². The van der Waals surface area contributed by atoms with Crippen LogP contribution < -0.4 is 5.73 Å². The molecule has 0 aromatic carbocycles. The van der Waals surface area contributed by atoms with E-state index < -0.39 is 0 Å². The third-order valence-corrected chi connectivity index (χ3v) is 2.38. The van der Waals surface area contributed by atoms with Crippen LogP contribution in [0.4, 0.5) is 0 Å². The van der Waals surface area contributed by atoms with E-state index in [9.17, 15) is 0 Å². The van der Waals surface area contributed by atoms with Crippen LogP contribution in [0.3, 0.4) is 0 Å². The molecule has 0 saturated carbocycles. The predicted octanol–water partition coefficient (Wildman–Crippen LogP) is 1.31. The molecule has 0 aliphatic heterocycles. The lowest BCUT2D eigenvalue weighted by atomic mass is 9.84. The van der Waals surface area contributed by atoms with Crippen LogP contribution in [0.25, 0.3) is 0 Å². The topological polar surface area (TPSA) is 51.8 Å². The van der Waals surface area contributed by atoms with Crippen LogP contribution in [-0.4, -0.2) is 9.97 Å². The van der Waals surface area contributed by atoms with E-state index in [4.69, 9.17) is 5.73 Å². The molecule has 0 bridgehead atoms. The summed E-state index contributed by atoms with van der Waals surface area (Å²) in [5.41, 5.74) is 6.75. The Morgan fingerprint density at radius 3 is 2.25 bits per heavy atom. The van der Waals surface area contributed by atoms with E-state index in [1.165, 1.54) is 6.33 Å². The quantitative estimate of drug-likeness (QED) is 0.718. The van der Waals surface area contributed by atoms with Gasteiger partial charge in [0.05, 0.1) is 0 Å². The summed E-state index contributed by atoms with van der Waals surface area (Å²) >= 11 is 0. The largest absolute Gasteiger partial charge is 0.321 e. The fourth-order valence-corrected chi connectivity index (χ4v) is 0.911. The van der Waals surface area contributed by atoms with Crippen molar-refractivity contribution in [2.45, 2.75) is 26.3 Å². The van der Waals surface area contributed by atoms with Gasteiger partial charge in [0.15, 0.2) is 0 Å². The molecule has 1 aromatic rings. The minimum absolute atomic E-state index is 0.332. The van der Waals surface area contributed by atoms with E-state index in [1.54, 1.807) is 12.4 Å². The summed E-state index contributed by atoms with van der Waals surface area (Å²) in [6, 6.07) is 0. The first-order chi connectivity index (χ1) is 5.55. The third-order valence-electron chi connectivity index (χ3n) is 2.38. The minimum atomic E-state index is -0.332. The van der Waals surface area contributed by atoms with Gasteiger partial charge in [-0.25, -0.2) is 9.97 Å². The maximum atomic E-state index is 6.10. The van der Waals surface area contributed by atoms with E-state index in [0.717, 1.165) is 5.56 Å². The highest BCUT2D eigenvalue weighted by molar-refractivity contribution is 5.15. The van der Waals surface area contributed by atoms with Gasteiger partial charge in [-0.05, 0) is 12.8 Å². The molecular weight excluding hydrogens is 150 g/mol. The molecule has 66 valence electrons. The van der Waals surface area contributed by atoms with Gasteiger partial charge >= 0.3 is 0 Å². The molecule has 0 aliphatic rings. The summed E-state index contributed by atoms with van der Waals surface area (Å²) in [4.78, 5) is 7.88. The molecule has 1 atom stereocenters. The first-order valence-electron chi connectivity index (χ1n) is 4.09. The molecule has 2 N–H and O–H groups in total. The zero-order valence-electron chi connectivity index (χ0n) is 7.78. The standard InChI is InChI=1S/C9H15N3/c1-7(2)9(3,10)8-4-11-6-12-5-8/h4-7H,10H2,1-3H3. The monoisotopic (exact) mass is 165 g/mol. The Morgan fingerprint density at radius 2 is 1.83 bits per heavy atom. The molecule has 0 spiro atoms. The lowest BCUT2D eigenvalue weighted by molar-refractivity contribution is 0.348. The molecule has 3 heteroatoms. The van der Waals surface area contributed by atoms with Crippen LogP contribution in [0.2, 0.25) is 0 Å². The Kier molecular flexibility index (Phi) is 2.43. The van der Waals surface area contributed by atoms with Gasteiger partial charge in [-0.15, -0.1) is 0 Å². The fraction of sp³-hybridized carbons (Fsp3) is 0.556. The molecule has 0 fully saturated rings. The predicted molar refractivity (Wildman–Crippen MR) is 48.4 cm³/mol. The second-order valence-electron chi connectivity index (χ2n) is 3.56. The Bertz CT molecular complexity index is 241. The lowest BCUT2D eigenvalue weighted by Crippen LogP contribution is -2.38. The first kappa shape index (κ1) is 9.13. The number of hydrogen-bond donors (Lipinski definition) is 1. The lowest BCUT2D eigenvalue weighted by Gasteiger charge is -2.28. The summed E-state index contributed by atoms with van der Waals surface area (Å²) in [5.74, 6) is 0.378. The Hall–Kier alpha value is -0.960. The second-order valence-corrected chi connectivity index (χ2v) is 3.56. The third kappa shape index (κ3) is 1.61. The molecular formula is C9H15N3. The van der Waals surface area contributed by atoms with Gasteiger partial charge in [0.25, 0.3) is 0 Å². The normalized spacial score (nSPS) is 16.1. The highest BCUT2D eigenvalue weighted by Crippen LogP contribution is 2.24. The van der Waals surface area contributed by atoms with Crippen molar-refractivity contribution in [2.24, 2.45) is 11.7 Å². The number of hydrogen-bond acceptors (Lipinski definition) is 3. The molecule has 0 radical (unpaired) electrons. The van der Waals surface area contributed by atoms with E-state index in [2.05, 4.69) is 23.8 Å². The number of nitrogens with zero attached hydrogens (tertiary/aromatic N) is 2. The fourth-order valence-electron chi connectivity index (χ4n) is 0.911. The van der Waals surface area contributed by atoms with Crippen molar-refractivity contribution in [1.82, 2.24) is 9.97 Å². The van der Waals surface area contributed by atoms with Crippen molar-refractivity contribution in [3.63, 3.8) is 0 Å². The van der Waals surface area contributed by atoms with Crippen molar-refractivity contribution in [1.29, 1.82) is 0 Å². The smallest absolute Gasteiger partial charge is 0.115 e. The van der Waals surface area contributed by atoms with Crippen molar-refractivity contribution in [2.75, 3.05) is 0 Å². The Balaban J connectivity index is 2.98. The average Bonchev–Trinajstić information content (AvgIpc) is 2.06. The summed E-state index contributed by atoms with van der Waals surface area (Å²) in [6.07, 6.45) is 5.06. The zero-order chi connectivity index (χ0) is 9.19. The molecule has 0 saturated heterocycles. The van der Waals surface area contributed by atoms with Crippen LogP contribution in [-0.2, 0) is 5.54 Å². The maximum Gasteiger partial charge on any atom is 0.115 e. The van der Waals surface area contributed by atoms with Gasteiger partial charge in [0, 0.05) is 23.5 Å². The van der Waals surface area contributed by atoms with E-state index in [0.29, 0.717) is 5.92 Å². The molecule has 12 heavy (non-hydrogen) atoms. The molecule has 0 amide bonds. The van der Waals surface area contributed by atoms with Gasteiger partial charge < -0.3 is 5.73 Å². The van der Waals surface area contributed by atoms with E-state index in [1.807, 2.05) is 6.92 Å². The van der Waals surface area contributed by atoms with Crippen molar-refractivity contribution >= 4 is 0 Å². The summed E-state index contributed by atoms with van der Waals surface area (Å²) in [5, 5.41) is 0. The molecule has 1 heterocycles. The van der Waals surface area contributed by atoms with Crippen molar-refractivity contribution in [3.8, 4) is 0 Å². The summed E-state index contributed by atoms with van der Waals surface area (Å²) in [7, 11) is 0. The Labute approximate surface area is 73.0 Å². The van der Waals surface area contributed by atoms with Crippen LogP contribution >= 0.6 is 0 Å². The molecule has 3 nitrogen and oxygen atoms in total. The van der Waals surface area contributed by atoms with Gasteiger partial charge in [-0.1, -0.05) is 13.8 Å². The molecule has 1 unspecified atom stereocenters. The SMILES string of the molecule is CC(C)C(C)(N)c1cncnc1. The summed E-state index contributed by atoms with van der Waals surface area (Å²) < 4.78 is 0. The molecule has 1 aromatic heterocycles. The van der Waals surface area contributed by atoms with Gasteiger partial charge in [-0.2, -0.15) is 0 Å². The van der Waals surface area contributed by atoms with Crippen LogP contribution in [0, 0.1) is 5.92 Å². The van der Waals surface area contributed by atoms with Gasteiger partial charge in [0.1, 0.15) is 6.33 Å². The van der Waals surface area contributed by atoms with Crippen molar-refractivity contribution < 1.29 is 0 Å². The minimum Gasteiger partial charge on any atom is -0.321 e. The second kappa shape index (κ2) is 3.19. The maximum absolute atomic E-state index is 6.10. The zero-order valence-corrected chi connectivity index (χ0v) is 7.78. The molecule has 0 aliphatic carbocycles. The van der Waals surface area contributed by atoms with Gasteiger partial charge in [-0.3, -0.25) is 0 Å². The summed E-state index contributed by atoms with van der Waals surface area (Å²) in [6.45, 7) is 6.18. The first-order valence-corrected chi connectivity index (χ1v) is 4.09. The highest BCUT2D eigenvalue weighted by atomic mass is 14.8. The highest BCUT2D eigenvalue weighted by Gasteiger charge is 2.25.